The molecule has 1 N–H and O–H groups in total. The van der Waals surface area contributed by atoms with Crippen LogP contribution in [0.15, 0.2) is 84.6 Å². The summed E-state index contributed by atoms with van der Waals surface area (Å²) in [6, 6.07) is 14.0. The molecule has 0 bridgehead atoms. The largest absolute Gasteiger partial charge is 0.510 e. The molecule has 0 radical (unpaired) electrons. The van der Waals surface area contributed by atoms with Crippen molar-refractivity contribution in [3.63, 3.8) is 0 Å². The molecular weight excluding hydrogens is 464 g/mol. The highest BCUT2D eigenvalue weighted by atomic mass is 79.9. The molecule has 0 saturated carbocycles. The summed E-state index contributed by atoms with van der Waals surface area (Å²) in [5.41, 5.74) is 1.38. The first kappa shape index (κ1) is 22.0. The van der Waals surface area contributed by atoms with E-state index in [0.717, 1.165) is 10.0 Å². The molecule has 3 aromatic rings. The molecule has 158 valence electrons. The minimum Gasteiger partial charge on any atom is -0.510 e. The number of nitrogens with zero attached hydrogens (tertiary/aromatic N) is 6. The van der Waals surface area contributed by atoms with Crippen LogP contribution < -0.4 is 5.69 Å². The molecule has 31 heavy (non-hydrogen) atoms. The second-order valence-electron chi connectivity index (χ2n) is 6.56. The van der Waals surface area contributed by atoms with Crippen LogP contribution in [0.3, 0.4) is 0 Å². The van der Waals surface area contributed by atoms with E-state index in [-0.39, 0.29) is 22.9 Å². The van der Waals surface area contributed by atoms with Crippen molar-refractivity contribution in [1.82, 2.24) is 14.5 Å². The number of hydrogen-bond acceptors (Lipinski definition) is 7. The van der Waals surface area contributed by atoms with Crippen molar-refractivity contribution in [2.45, 2.75) is 20.8 Å². The predicted octanol–water partition coefficient (Wildman–Crippen LogP) is 4.45. The summed E-state index contributed by atoms with van der Waals surface area (Å²) in [5, 5.41) is 25.7. The first-order chi connectivity index (χ1) is 14.8. The van der Waals surface area contributed by atoms with E-state index in [9.17, 15) is 14.7 Å². The SMILES string of the molecule is CC(=O)/C(N=Nc1ccc(/C=N/n2c(C)nn(-c3ccc(Br)cc3)c2=O)cc1)=C(\C)O. The van der Waals surface area contributed by atoms with Crippen LogP contribution in [0.2, 0.25) is 0 Å². The number of aliphatic hydroxyl groups is 1. The summed E-state index contributed by atoms with van der Waals surface area (Å²) in [5.74, 6) is -0.126. The average Bonchev–Trinajstić information content (AvgIpc) is 3.01. The Morgan fingerprint density at radius 2 is 1.74 bits per heavy atom. The second-order valence-corrected chi connectivity index (χ2v) is 7.47. The zero-order valence-electron chi connectivity index (χ0n) is 17.0. The van der Waals surface area contributed by atoms with E-state index >= 15 is 0 Å². The summed E-state index contributed by atoms with van der Waals surface area (Å²) >= 11 is 3.36. The van der Waals surface area contributed by atoms with Gasteiger partial charge in [0.05, 0.1) is 17.6 Å². The number of ketones is 1. The highest BCUT2D eigenvalue weighted by molar-refractivity contribution is 9.10. The van der Waals surface area contributed by atoms with Crippen molar-refractivity contribution in [2.24, 2.45) is 15.3 Å². The Kier molecular flexibility index (Phi) is 6.71. The van der Waals surface area contributed by atoms with Gasteiger partial charge in [-0.05, 0) is 55.8 Å². The van der Waals surface area contributed by atoms with Gasteiger partial charge in [-0.2, -0.15) is 19.6 Å². The fraction of sp³-hybridized carbons (Fsp3) is 0.143. The molecule has 2 aromatic carbocycles. The van der Waals surface area contributed by atoms with Crippen molar-refractivity contribution in [1.29, 1.82) is 0 Å². The number of allylic oxidation sites excluding steroid dienone is 2. The van der Waals surface area contributed by atoms with Crippen LogP contribution in [0.4, 0.5) is 5.69 Å². The van der Waals surface area contributed by atoms with Crippen LogP contribution in [0.25, 0.3) is 5.69 Å². The minimum absolute atomic E-state index is 0.0942. The number of aliphatic hydroxyl groups excluding tert-OH is 1. The average molecular weight is 483 g/mol. The quantitative estimate of drug-likeness (QED) is 0.242. The standard InChI is InChI=1S/C21H19BrN6O3/c1-13(29)20(14(2)30)25-24-18-8-4-16(5-9-18)12-23-27-15(3)26-28(21(27)31)19-10-6-17(22)7-11-19/h4-12,29H,1-3H3/b20-13-,23-12+,25-24?. The summed E-state index contributed by atoms with van der Waals surface area (Å²) in [6.07, 6.45) is 1.53. The monoisotopic (exact) mass is 482 g/mol. The fourth-order valence-corrected chi connectivity index (χ4v) is 2.86. The highest BCUT2D eigenvalue weighted by Crippen LogP contribution is 2.16. The zero-order chi connectivity index (χ0) is 22.5. The van der Waals surface area contributed by atoms with Gasteiger partial charge < -0.3 is 5.11 Å². The molecule has 0 fully saturated rings. The van der Waals surface area contributed by atoms with Gasteiger partial charge in [0.2, 0.25) is 0 Å². The van der Waals surface area contributed by atoms with E-state index in [1.807, 2.05) is 12.1 Å². The van der Waals surface area contributed by atoms with E-state index in [0.29, 0.717) is 17.2 Å². The number of halogens is 1. The third-order valence-corrected chi connectivity index (χ3v) is 4.67. The van der Waals surface area contributed by atoms with Gasteiger partial charge in [0, 0.05) is 11.4 Å². The van der Waals surface area contributed by atoms with Gasteiger partial charge in [-0.1, -0.05) is 28.1 Å². The Bertz CT molecular complexity index is 1250. The molecular formula is C21H19BrN6O3. The second kappa shape index (κ2) is 9.43. The van der Waals surface area contributed by atoms with Crippen LogP contribution in [-0.4, -0.2) is 31.6 Å². The number of azo groups is 1. The van der Waals surface area contributed by atoms with Crippen LogP contribution in [0.5, 0.6) is 0 Å². The maximum absolute atomic E-state index is 12.7. The third-order valence-electron chi connectivity index (χ3n) is 4.14. The first-order valence-corrected chi connectivity index (χ1v) is 9.97. The Morgan fingerprint density at radius 1 is 1.10 bits per heavy atom. The molecule has 0 aliphatic rings. The van der Waals surface area contributed by atoms with Crippen molar-refractivity contribution in [2.75, 3.05) is 0 Å². The molecule has 10 heteroatoms. The predicted molar refractivity (Wildman–Crippen MR) is 120 cm³/mol. The molecule has 1 heterocycles. The van der Waals surface area contributed by atoms with E-state index < -0.39 is 0 Å². The molecule has 0 spiro atoms. The number of aryl methyl sites for hydroxylation is 1. The van der Waals surface area contributed by atoms with Crippen molar-refractivity contribution in [3.8, 4) is 5.69 Å². The number of rotatable bonds is 6. The van der Waals surface area contributed by atoms with Crippen molar-refractivity contribution >= 4 is 33.6 Å². The number of aromatic nitrogens is 3. The normalized spacial score (nSPS) is 12.5. The van der Waals surface area contributed by atoms with Crippen LogP contribution in [0, 0.1) is 6.92 Å². The molecule has 0 amide bonds. The third kappa shape index (κ3) is 5.28. The Morgan fingerprint density at radius 3 is 2.32 bits per heavy atom. The van der Waals surface area contributed by atoms with E-state index in [4.69, 9.17) is 0 Å². The first-order valence-electron chi connectivity index (χ1n) is 9.18. The summed E-state index contributed by atoms with van der Waals surface area (Å²) in [4.78, 5) is 24.1. The molecule has 0 aliphatic carbocycles. The summed E-state index contributed by atoms with van der Waals surface area (Å²) in [7, 11) is 0. The Balaban J connectivity index is 1.80. The van der Waals surface area contributed by atoms with Gasteiger partial charge in [-0.15, -0.1) is 10.2 Å². The van der Waals surface area contributed by atoms with Gasteiger partial charge in [-0.3, -0.25) is 4.79 Å². The molecule has 0 aliphatic heterocycles. The Labute approximate surface area is 186 Å². The molecule has 0 unspecified atom stereocenters. The molecule has 1 aromatic heterocycles. The lowest BCUT2D eigenvalue weighted by molar-refractivity contribution is -0.113. The lowest BCUT2D eigenvalue weighted by Gasteiger charge is -1.99. The lowest BCUT2D eigenvalue weighted by atomic mass is 10.2. The van der Waals surface area contributed by atoms with E-state index in [1.165, 1.54) is 29.4 Å². The molecule has 9 nitrogen and oxygen atoms in total. The molecule has 0 saturated heterocycles. The highest BCUT2D eigenvalue weighted by Gasteiger charge is 2.10. The van der Waals surface area contributed by atoms with Gasteiger partial charge in [-0.25, -0.2) is 4.79 Å². The Hall–Kier alpha value is -3.66. The van der Waals surface area contributed by atoms with Crippen LogP contribution in [0.1, 0.15) is 25.2 Å². The topological polar surface area (TPSA) is 114 Å². The van der Waals surface area contributed by atoms with E-state index in [2.05, 4.69) is 36.4 Å². The molecule has 3 rings (SSSR count). The maximum Gasteiger partial charge on any atom is 0.371 e. The fourth-order valence-electron chi connectivity index (χ4n) is 2.60. The number of benzene rings is 2. The number of carbonyl (C=O) groups is 1. The van der Waals surface area contributed by atoms with Gasteiger partial charge in [0.15, 0.2) is 17.3 Å². The minimum atomic E-state index is -0.385. The van der Waals surface area contributed by atoms with Crippen molar-refractivity contribution in [3.05, 3.63) is 86.3 Å². The van der Waals surface area contributed by atoms with Gasteiger partial charge in [0.25, 0.3) is 0 Å². The maximum atomic E-state index is 12.7. The summed E-state index contributed by atoms with van der Waals surface area (Å²) in [6.45, 7) is 4.37. The smallest absolute Gasteiger partial charge is 0.371 e. The van der Waals surface area contributed by atoms with Crippen LogP contribution >= 0.6 is 15.9 Å². The van der Waals surface area contributed by atoms with Crippen LogP contribution in [-0.2, 0) is 4.79 Å². The zero-order valence-corrected chi connectivity index (χ0v) is 18.6. The summed E-state index contributed by atoms with van der Waals surface area (Å²) < 4.78 is 3.40. The molecule has 0 atom stereocenters. The van der Waals surface area contributed by atoms with Gasteiger partial charge >= 0.3 is 5.69 Å². The number of hydrogen-bond donors (Lipinski definition) is 1. The number of carbonyl (C=O) groups excluding carboxylic acids is 1. The van der Waals surface area contributed by atoms with E-state index in [1.54, 1.807) is 43.3 Å². The number of Topliss-reactive ketones (excluding diaryl/α,β-unsaturated/α-hetero) is 1. The van der Waals surface area contributed by atoms with Crippen molar-refractivity contribution < 1.29 is 9.90 Å². The lowest BCUT2D eigenvalue weighted by Crippen LogP contribution is -2.21. The van der Waals surface area contributed by atoms with Gasteiger partial charge in [0.1, 0.15) is 5.76 Å².